The largest absolute Gasteiger partial charge is 0.0654 e. The molecule has 0 saturated carbocycles. The maximum Gasteiger partial charge on any atom is -0.0246 e. The van der Waals surface area contributed by atoms with E-state index in [0.29, 0.717) is 5.41 Å². The number of hydrogen-bond donors (Lipinski definition) is 0. The van der Waals surface area contributed by atoms with Gasteiger partial charge in [-0.15, -0.1) is 0 Å². The zero-order valence-corrected chi connectivity index (χ0v) is 13.6. The van der Waals surface area contributed by atoms with Gasteiger partial charge in [-0.2, -0.15) is 0 Å². The molecule has 104 valence electrons. The van der Waals surface area contributed by atoms with Gasteiger partial charge >= 0.3 is 0 Å². The summed E-state index contributed by atoms with van der Waals surface area (Å²) in [6.45, 7) is 19.3. The second-order valence-corrected chi connectivity index (χ2v) is 6.54. The van der Waals surface area contributed by atoms with Crippen molar-refractivity contribution in [3.05, 3.63) is 0 Å². The van der Waals surface area contributed by atoms with Crippen LogP contribution in [0.25, 0.3) is 0 Å². The summed E-state index contributed by atoms with van der Waals surface area (Å²) in [5.41, 5.74) is 0.563. The highest BCUT2D eigenvalue weighted by Gasteiger charge is 2.40. The molecule has 4 atom stereocenters. The van der Waals surface area contributed by atoms with E-state index in [2.05, 4.69) is 55.4 Å². The molecule has 0 heteroatoms. The number of hydrogen-bond acceptors (Lipinski definition) is 0. The van der Waals surface area contributed by atoms with Crippen molar-refractivity contribution in [3.63, 3.8) is 0 Å². The fraction of sp³-hybridized carbons (Fsp3) is 1.00. The third kappa shape index (κ3) is 3.73. The Kier molecular flexibility index (Phi) is 7.44. The highest BCUT2D eigenvalue weighted by Crippen LogP contribution is 2.49. The Morgan fingerprint density at radius 3 is 1.71 bits per heavy atom. The smallest absolute Gasteiger partial charge is 0.0246 e. The average molecular weight is 240 g/mol. The molecule has 0 rings (SSSR count). The summed E-state index contributed by atoms with van der Waals surface area (Å²) in [7, 11) is 0. The van der Waals surface area contributed by atoms with Crippen molar-refractivity contribution in [2.75, 3.05) is 0 Å². The van der Waals surface area contributed by atoms with Crippen LogP contribution in [0.15, 0.2) is 0 Å². The Balaban J connectivity index is 5.13. The van der Waals surface area contributed by atoms with E-state index in [1.54, 1.807) is 0 Å². The van der Waals surface area contributed by atoms with Crippen molar-refractivity contribution in [3.8, 4) is 0 Å². The molecule has 0 aromatic carbocycles. The molecule has 0 amide bonds. The standard InChI is InChI=1S/C17H36/c1-9-12-17(11-3,14(6)10-2)16(8)15(7)13(4)5/h13-16H,9-12H2,1-8H3. The molecule has 0 bridgehead atoms. The fourth-order valence-electron chi connectivity index (χ4n) is 3.74. The van der Waals surface area contributed by atoms with Gasteiger partial charge in [0.05, 0.1) is 0 Å². The van der Waals surface area contributed by atoms with E-state index in [1.807, 2.05) is 0 Å². The lowest BCUT2D eigenvalue weighted by molar-refractivity contribution is 0.0225. The first-order valence-corrected chi connectivity index (χ1v) is 7.87. The number of rotatable bonds is 8. The van der Waals surface area contributed by atoms with E-state index in [1.165, 1.54) is 25.7 Å². The van der Waals surface area contributed by atoms with Gasteiger partial charge in [0.15, 0.2) is 0 Å². The Labute approximate surface area is 111 Å². The normalized spacial score (nSPS) is 21.0. The van der Waals surface area contributed by atoms with Crippen LogP contribution in [0, 0.1) is 29.1 Å². The molecule has 0 aromatic rings. The molecule has 0 aromatic heterocycles. The quantitative estimate of drug-likeness (QED) is 0.477. The topological polar surface area (TPSA) is 0 Å². The van der Waals surface area contributed by atoms with Gasteiger partial charge in [0, 0.05) is 0 Å². The SMILES string of the molecule is CCCC(CC)(C(C)CC)C(C)C(C)C(C)C. The zero-order chi connectivity index (χ0) is 13.6. The van der Waals surface area contributed by atoms with E-state index < -0.39 is 0 Å². The Hall–Kier alpha value is 0. The van der Waals surface area contributed by atoms with Crippen LogP contribution in [0.3, 0.4) is 0 Å². The zero-order valence-electron chi connectivity index (χ0n) is 13.6. The predicted octanol–water partition coefficient (Wildman–Crippen LogP) is 6.16. The summed E-state index contributed by atoms with van der Waals surface area (Å²) in [6.07, 6.45) is 5.39. The van der Waals surface area contributed by atoms with Gasteiger partial charge in [0.25, 0.3) is 0 Å². The summed E-state index contributed by atoms with van der Waals surface area (Å²) in [6, 6.07) is 0. The van der Waals surface area contributed by atoms with Gasteiger partial charge in [-0.25, -0.2) is 0 Å². The summed E-state index contributed by atoms with van der Waals surface area (Å²) < 4.78 is 0. The molecule has 0 nitrogen and oxygen atoms in total. The van der Waals surface area contributed by atoms with Crippen LogP contribution in [-0.4, -0.2) is 0 Å². The first-order valence-electron chi connectivity index (χ1n) is 7.87. The molecule has 0 aliphatic heterocycles. The van der Waals surface area contributed by atoms with E-state index in [4.69, 9.17) is 0 Å². The van der Waals surface area contributed by atoms with Crippen molar-refractivity contribution in [2.24, 2.45) is 29.1 Å². The van der Waals surface area contributed by atoms with Crippen molar-refractivity contribution in [1.29, 1.82) is 0 Å². The minimum atomic E-state index is 0.563. The van der Waals surface area contributed by atoms with Crippen molar-refractivity contribution >= 4 is 0 Å². The molecule has 0 spiro atoms. The van der Waals surface area contributed by atoms with Crippen LogP contribution < -0.4 is 0 Å². The highest BCUT2D eigenvalue weighted by atomic mass is 14.5. The molecule has 0 aliphatic carbocycles. The fourth-order valence-corrected chi connectivity index (χ4v) is 3.74. The predicted molar refractivity (Wildman–Crippen MR) is 80.3 cm³/mol. The van der Waals surface area contributed by atoms with Gasteiger partial charge in [0.2, 0.25) is 0 Å². The minimum absolute atomic E-state index is 0.563. The molecule has 0 heterocycles. The maximum absolute atomic E-state index is 2.51. The van der Waals surface area contributed by atoms with Crippen LogP contribution in [0.1, 0.15) is 81.1 Å². The van der Waals surface area contributed by atoms with Crippen LogP contribution in [0.5, 0.6) is 0 Å². The monoisotopic (exact) mass is 240 g/mol. The van der Waals surface area contributed by atoms with Gasteiger partial charge < -0.3 is 0 Å². The van der Waals surface area contributed by atoms with Crippen LogP contribution in [0.2, 0.25) is 0 Å². The van der Waals surface area contributed by atoms with Crippen LogP contribution in [0.4, 0.5) is 0 Å². The summed E-state index contributed by atoms with van der Waals surface area (Å²) >= 11 is 0. The first-order chi connectivity index (χ1) is 7.87. The second kappa shape index (κ2) is 7.44. The van der Waals surface area contributed by atoms with Crippen molar-refractivity contribution < 1.29 is 0 Å². The highest BCUT2D eigenvalue weighted by molar-refractivity contribution is 4.89. The lowest BCUT2D eigenvalue weighted by Gasteiger charge is -2.47. The summed E-state index contributed by atoms with van der Waals surface area (Å²) in [4.78, 5) is 0. The lowest BCUT2D eigenvalue weighted by atomic mass is 9.58. The Morgan fingerprint density at radius 2 is 1.41 bits per heavy atom. The van der Waals surface area contributed by atoms with E-state index in [0.717, 1.165) is 23.7 Å². The third-order valence-corrected chi connectivity index (χ3v) is 5.71. The Bertz CT molecular complexity index is 194. The van der Waals surface area contributed by atoms with Gasteiger partial charge in [-0.1, -0.05) is 68.2 Å². The Morgan fingerprint density at radius 1 is 0.882 bits per heavy atom. The van der Waals surface area contributed by atoms with E-state index in [9.17, 15) is 0 Å². The van der Waals surface area contributed by atoms with Gasteiger partial charge in [-0.05, 0) is 41.9 Å². The molecular weight excluding hydrogens is 204 g/mol. The average Bonchev–Trinajstić information content (AvgIpc) is 2.33. The summed E-state index contributed by atoms with van der Waals surface area (Å²) in [5.74, 6) is 3.32. The molecule has 0 aliphatic rings. The molecule has 0 fully saturated rings. The molecular formula is C17H36. The molecule has 0 radical (unpaired) electrons. The molecule has 0 N–H and O–H groups in total. The van der Waals surface area contributed by atoms with Gasteiger partial charge in [0.1, 0.15) is 0 Å². The van der Waals surface area contributed by atoms with Crippen LogP contribution >= 0.6 is 0 Å². The maximum atomic E-state index is 2.51. The third-order valence-electron chi connectivity index (χ3n) is 5.71. The molecule has 4 unspecified atom stereocenters. The molecule has 0 saturated heterocycles. The second-order valence-electron chi connectivity index (χ2n) is 6.54. The minimum Gasteiger partial charge on any atom is -0.0654 e. The first kappa shape index (κ1) is 17.0. The van der Waals surface area contributed by atoms with E-state index in [-0.39, 0.29) is 0 Å². The van der Waals surface area contributed by atoms with E-state index >= 15 is 0 Å². The summed E-state index contributed by atoms with van der Waals surface area (Å²) in [5, 5.41) is 0. The lowest BCUT2D eigenvalue weighted by Crippen LogP contribution is -2.39. The van der Waals surface area contributed by atoms with Crippen molar-refractivity contribution in [1.82, 2.24) is 0 Å². The van der Waals surface area contributed by atoms with Crippen LogP contribution in [-0.2, 0) is 0 Å². The molecule has 17 heavy (non-hydrogen) atoms. The van der Waals surface area contributed by atoms with Crippen molar-refractivity contribution in [2.45, 2.75) is 81.1 Å². The van der Waals surface area contributed by atoms with Gasteiger partial charge in [-0.3, -0.25) is 0 Å².